The Hall–Kier alpha value is -1.29. The van der Waals surface area contributed by atoms with E-state index in [4.69, 9.17) is 5.26 Å². The standard InChI is InChI=1S/C11H11N/c1-8-6-9(7-12)11-5-3-2-4-10(8)11/h2-5,8-9H,6H2,1H3/t8-,9-/m0/s1. The van der Waals surface area contributed by atoms with Gasteiger partial charge in [0.25, 0.3) is 0 Å². The molecule has 0 N–H and O–H groups in total. The Balaban J connectivity index is 2.52. The molecule has 1 aromatic rings. The van der Waals surface area contributed by atoms with Crippen LogP contribution in [0.1, 0.15) is 36.3 Å². The zero-order valence-electron chi connectivity index (χ0n) is 7.12. The molecule has 0 radical (unpaired) electrons. The van der Waals surface area contributed by atoms with Gasteiger partial charge in [-0.25, -0.2) is 0 Å². The first-order valence-corrected chi connectivity index (χ1v) is 4.31. The molecule has 0 aromatic heterocycles. The van der Waals surface area contributed by atoms with E-state index in [1.807, 2.05) is 6.07 Å². The van der Waals surface area contributed by atoms with Gasteiger partial charge >= 0.3 is 0 Å². The molecular weight excluding hydrogens is 146 g/mol. The first-order valence-electron chi connectivity index (χ1n) is 4.31. The number of benzene rings is 1. The van der Waals surface area contributed by atoms with E-state index in [9.17, 15) is 0 Å². The van der Waals surface area contributed by atoms with E-state index in [1.165, 1.54) is 11.1 Å². The molecular formula is C11H11N. The van der Waals surface area contributed by atoms with Crippen molar-refractivity contribution in [3.05, 3.63) is 35.4 Å². The smallest absolute Gasteiger partial charge is 0.0721 e. The summed E-state index contributed by atoms with van der Waals surface area (Å²) in [6.07, 6.45) is 0.996. The fraction of sp³-hybridized carbons (Fsp3) is 0.364. The Bertz CT molecular complexity index is 335. The normalized spacial score (nSPS) is 26.3. The lowest BCUT2D eigenvalue weighted by atomic mass is 10.0. The molecule has 1 nitrogen and oxygen atoms in total. The summed E-state index contributed by atoms with van der Waals surface area (Å²) in [4.78, 5) is 0. The molecule has 0 aliphatic heterocycles. The van der Waals surface area contributed by atoms with Crippen molar-refractivity contribution in [3.8, 4) is 6.07 Å². The monoisotopic (exact) mass is 157 g/mol. The SMILES string of the molecule is C[C@H]1C[C@@H](C#N)c2ccccc21. The molecule has 0 heterocycles. The van der Waals surface area contributed by atoms with E-state index in [-0.39, 0.29) is 5.92 Å². The van der Waals surface area contributed by atoms with E-state index in [2.05, 4.69) is 31.2 Å². The second-order valence-corrected chi connectivity index (χ2v) is 3.45. The van der Waals surface area contributed by atoms with Gasteiger partial charge in [-0.3, -0.25) is 0 Å². The number of fused-ring (bicyclic) bond motifs is 1. The van der Waals surface area contributed by atoms with E-state index in [1.54, 1.807) is 0 Å². The summed E-state index contributed by atoms with van der Waals surface area (Å²) in [5.74, 6) is 0.696. The number of nitrogens with zero attached hydrogens (tertiary/aromatic N) is 1. The maximum atomic E-state index is 8.88. The fourth-order valence-electron chi connectivity index (χ4n) is 2.01. The second kappa shape index (κ2) is 2.64. The lowest BCUT2D eigenvalue weighted by Gasteiger charge is -2.01. The van der Waals surface area contributed by atoms with Crippen LogP contribution in [-0.2, 0) is 0 Å². The maximum absolute atomic E-state index is 8.88. The van der Waals surface area contributed by atoms with Crippen LogP contribution in [0.2, 0.25) is 0 Å². The lowest BCUT2D eigenvalue weighted by Crippen LogP contribution is -1.86. The molecule has 2 atom stereocenters. The van der Waals surface area contributed by atoms with Crippen molar-refractivity contribution < 1.29 is 0 Å². The average molecular weight is 157 g/mol. The van der Waals surface area contributed by atoms with Gasteiger partial charge < -0.3 is 0 Å². The van der Waals surface area contributed by atoms with Gasteiger partial charge in [0.15, 0.2) is 0 Å². The highest BCUT2D eigenvalue weighted by Gasteiger charge is 2.26. The van der Waals surface area contributed by atoms with Gasteiger partial charge in [0.1, 0.15) is 0 Å². The summed E-state index contributed by atoms with van der Waals surface area (Å²) in [5.41, 5.74) is 2.61. The van der Waals surface area contributed by atoms with E-state index in [0.29, 0.717) is 5.92 Å². The molecule has 2 rings (SSSR count). The first-order chi connectivity index (χ1) is 5.83. The molecule has 1 aliphatic carbocycles. The van der Waals surface area contributed by atoms with Crippen molar-refractivity contribution in [1.29, 1.82) is 5.26 Å². The molecule has 1 aliphatic rings. The van der Waals surface area contributed by atoms with Crippen LogP contribution in [-0.4, -0.2) is 0 Å². The Morgan fingerprint density at radius 3 is 2.67 bits per heavy atom. The van der Waals surface area contributed by atoms with Crippen LogP contribution >= 0.6 is 0 Å². The van der Waals surface area contributed by atoms with Gasteiger partial charge in [-0.05, 0) is 23.5 Å². The number of rotatable bonds is 0. The summed E-state index contributed by atoms with van der Waals surface area (Å²) >= 11 is 0. The minimum Gasteiger partial charge on any atom is -0.198 e. The summed E-state index contributed by atoms with van der Waals surface area (Å²) in [6.45, 7) is 2.19. The average Bonchev–Trinajstić information content (AvgIpc) is 2.44. The van der Waals surface area contributed by atoms with Gasteiger partial charge in [0.2, 0.25) is 0 Å². The van der Waals surface area contributed by atoms with Crippen molar-refractivity contribution in [2.75, 3.05) is 0 Å². The minimum absolute atomic E-state index is 0.135. The molecule has 0 bridgehead atoms. The Kier molecular flexibility index (Phi) is 1.62. The van der Waals surface area contributed by atoms with Crippen molar-refractivity contribution in [2.24, 2.45) is 0 Å². The molecule has 60 valence electrons. The van der Waals surface area contributed by atoms with Crippen molar-refractivity contribution >= 4 is 0 Å². The van der Waals surface area contributed by atoms with E-state index >= 15 is 0 Å². The highest BCUT2D eigenvalue weighted by atomic mass is 14.3. The predicted octanol–water partition coefficient (Wildman–Crippen LogP) is 2.80. The summed E-state index contributed by atoms with van der Waals surface area (Å²) in [5, 5.41) is 8.88. The third kappa shape index (κ3) is 0.921. The van der Waals surface area contributed by atoms with Gasteiger partial charge in [-0.1, -0.05) is 31.2 Å². The van der Waals surface area contributed by atoms with Crippen LogP contribution < -0.4 is 0 Å². The summed E-state index contributed by atoms with van der Waals surface area (Å²) < 4.78 is 0. The Morgan fingerprint density at radius 1 is 1.33 bits per heavy atom. The third-order valence-corrected chi connectivity index (χ3v) is 2.65. The lowest BCUT2D eigenvalue weighted by molar-refractivity contribution is 0.706. The molecule has 1 aromatic carbocycles. The van der Waals surface area contributed by atoms with Crippen LogP contribution in [0.4, 0.5) is 0 Å². The Morgan fingerprint density at radius 2 is 2.00 bits per heavy atom. The van der Waals surface area contributed by atoms with Crippen LogP contribution in [0.15, 0.2) is 24.3 Å². The van der Waals surface area contributed by atoms with E-state index < -0.39 is 0 Å². The van der Waals surface area contributed by atoms with Gasteiger partial charge in [0, 0.05) is 0 Å². The number of nitriles is 1. The van der Waals surface area contributed by atoms with Crippen molar-refractivity contribution in [2.45, 2.75) is 25.2 Å². The first kappa shape index (κ1) is 7.36. The van der Waals surface area contributed by atoms with Gasteiger partial charge in [-0.15, -0.1) is 0 Å². The van der Waals surface area contributed by atoms with Crippen molar-refractivity contribution in [1.82, 2.24) is 0 Å². The van der Waals surface area contributed by atoms with Gasteiger partial charge in [-0.2, -0.15) is 5.26 Å². The molecule has 0 saturated carbocycles. The molecule has 0 fully saturated rings. The largest absolute Gasteiger partial charge is 0.198 e. The molecule has 0 unspecified atom stereocenters. The fourth-order valence-corrected chi connectivity index (χ4v) is 2.01. The van der Waals surface area contributed by atoms with Gasteiger partial charge in [0.05, 0.1) is 12.0 Å². The molecule has 1 heteroatoms. The molecule has 0 spiro atoms. The summed E-state index contributed by atoms with van der Waals surface area (Å²) in [7, 11) is 0. The molecule has 0 saturated heterocycles. The quantitative estimate of drug-likeness (QED) is 0.568. The zero-order valence-corrected chi connectivity index (χ0v) is 7.12. The molecule has 0 amide bonds. The maximum Gasteiger partial charge on any atom is 0.0721 e. The van der Waals surface area contributed by atoms with Crippen LogP contribution in [0.3, 0.4) is 0 Å². The highest BCUT2D eigenvalue weighted by Crippen LogP contribution is 2.40. The predicted molar refractivity (Wildman–Crippen MR) is 47.8 cm³/mol. The minimum atomic E-state index is 0.135. The summed E-state index contributed by atoms with van der Waals surface area (Å²) in [6, 6.07) is 10.6. The number of hydrogen-bond acceptors (Lipinski definition) is 1. The third-order valence-electron chi connectivity index (χ3n) is 2.65. The Labute approximate surface area is 72.6 Å². The topological polar surface area (TPSA) is 23.8 Å². The van der Waals surface area contributed by atoms with Crippen LogP contribution in [0.25, 0.3) is 0 Å². The number of hydrogen-bond donors (Lipinski definition) is 0. The van der Waals surface area contributed by atoms with E-state index in [0.717, 1.165) is 6.42 Å². The molecule has 12 heavy (non-hydrogen) atoms. The van der Waals surface area contributed by atoms with Crippen LogP contribution in [0.5, 0.6) is 0 Å². The zero-order chi connectivity index (χ0) is 8.55. The highest BCUT2D eigenvalue weighted by molar-refractivity contribution is 5.40. The second-order valence-electron chi connectivity index (χ2n) is 3.45. The van der Waals surface area contributed by atoms with Crippen molar-refractivity contribution in [3.63, 3.8) is 0 Å². The van der Waals surface area contributed by atoms with Crippen LogP contribution in [0, 0.1) is 11.3 Å².